The van der Waals surface area contributed by atoms with Crippen molar-refractivity contribution >= 4 is 81.2 Å². The van der Waals surface area contributed by atoms with Crippen LogP contribution in [-0.2, 0) is 46.4 Å². The molecule has 0 radical (unpaired) electrons. The quantitative estimate of drug-likeness (QED) is 0.0677. The molecule has 17 heteroatoms. The average molecular weight is 884 g/mol. The average Bonchev–Trinajstić information content (AvgIpc) is 3.03. The van der Waals surface area contributed by atoms with Gasteiger partial charge in [-0.05, 0) is 11.6 Å². The Balaban J connectivity index is 1.22. The molecule has 0 spiro atoms. The molecule has 243 valence electrons. The molecule has 0 aromatic heterocycles. The molecule has 0 atom stereocenters. The Bertz CT molecular complexity index is 2460. The first-order valence-corrected chi connectivity index (χ1v) is 19.8. The van der Waals surface area contributed by atoms with Gasteiger partial charge in [0.15, 0.2) is 0 Å². The van der Waals surface area contributed by atoms with Gasteiger partial charge in [-0.25, -0.2) is 0 Å². The number of ketones is 2. The van der Waals surface area contributed by atoms with Crippen molar-refractivity contribution in [3.8, 4) is 11.1 Å². The molecule has 0 saturated carbocycles. The number of nitrogens with zero attached hydrogens (tertiary/aromatic N) is 2. The maximum atomic E-state index is 13.2. The number of allylic oxidation sites excluding steroid dienone is 2. The Morgan fingerprint density at radius 3 is 1.57 bits per heavy atom. The van der Waals surface area contributed by atoms with Gasteiger partial charge < -0.3 is 5.73 Å². The van der Waals surface area contributed by atoms with E-state index < -0.39 is 53.0 Å². The molecule has 0 fully saturated rings. The molecule has 6 rings (SSSR count). The smallest absolute Gasteiger partial charge is 0.282 e. The third-order valence-corrected chi connectivity index (χ3v) is 11.7. The first-order valence-electron chi connectivity index (χ1n) is 14.1. The summed E-state index contributed by atoms with van der Waals surface area (Å²) < 4.78 is 68.9. The molecule has 14 nitrogen and oxygen atoms in total. The fourth-order valence-corrected chi connectivity index (χ4v) is 8.22. The number of rotatable bonds is 7. The summed E-state index contributed by atoms with van der Waals surface area (Å²) in [5.41, 5.74) is 19.8. The van der Waals surface area contributed by atoms with Gasteiger partial charge in [-0.2, -0.15) is 8.42 Å². The van der Waals surface area contributed by atoms with E-state index in [-0.39, 0.29) is 59.8 Å². The number of hydrogen-bond acceptors (Lipinski definition) is 12. The molecule has 0 amide bonds. The maximum absolute atomic E-state index is 13.2. The molecular formula is C32H23HgN6O8S2. The SMILES string of the molecule is Nc1cccc2c1C(=O)/C(=N/Nc1ccc(-c3ccc(N/N=C4\C(=O)c5c(N)cccc5C=C4S(=O)(=O)O)[c]([Hg])c3)cc1)C(S(=O)(=O)O)=C2. The predicted molar refractivity (Wildman–Crippen MR) is 183 cm³/mol. The van der Waals surface area contributed by atoms with Gasteiger partial charge in [-0.3, -0.25) is 4.55 Å². The Morgan fingerprint density at radius 1 is 0.633 bits per heavy atom. The van der Waals surface area contributed by atoms with Crippen LogP contribution >= 0.6 is 0 Å². The number of fused-ring (bicyclic) bond motifs is 2. The van der Waals surface area contributed by atoms with Gasteiger partial charge in [-0.1, -0.05) is 12.1 Å². The monoisotopic (exact) mass is 885 g/mol. The Morgan fingerprint density at radius 2 is 1.10 bits per heavy atom. The van der Waals surface area contributed by atoms with Crippen LogP contribution in [0.5, 0.6) is 0 Å². The Kier molecular flexibility index (Phi) is 8.84. The van der Waals surface area contributed by atoms with Crippen LogP contribution in [0.4, 0.5) is 22.7 Å². The van der Waals surface area contributed by atoms with Gasteiger partial charge >= 0.3 is 249 Å². The van der Waals surface area contributed by atoms with E-state index in [0.717, 1.165) is 26.4 Å². The molecule has 2 aliphatic rings. The minimum Gasteiger partial charge on any atom is -0.282 e. The zero-order chi connectivity index (χ0) is 35.2. The first-order chi connectivity index (χ1) is 23.1. The van der Waals surface area contributed by atoms with Gasteiger partial charge in [0.25, 0.3) is 0 Å². The molecular weight excluding hydrogens is 861 g/mol. The van der Waals surface area contributed by atoms with E-state index in [1.807, 2.05) is 6.07 Å². The number of hydrogen-bond donors (Lipinski definition) is 6. The molecule has 0 unspecified atom stereocenters. The van der Waals surface area contributed by atoms with E-state index in [0.29, 0.717) is 11.4 Å². The van der Waals surface area contributed by atoms with Gasteiger partial charge in [-0.15, -0.1) is 0 Å². The van der Waals surface area contributed by atoms with Crippen LogP contribution in [0.2, 0.25) is 0 Å². The summed E-state index contributed by atoms with van der Waals surface area (Å²) in [6.07, 6.45) is 2.28. The van der Waals surface area contributed by atoms with Crippen molar-refractivity contribution in [1.29, 1.82) is 0 Å². The number of carbonyl (C=O) groups is 2. The minimum atomic E-state index is -4.80. The third kappa shape index (κ3) is 6.68. The number of hydrazone groups is 2. The van der Waals surface area contributed by atoms with E-state index in [9.17, 15) is 35.5 Å². The van der Waals surface area contributed by atoms with Crippen LogP contribution in [0, 0.1) is 0 Å². The van der Waals surface area contributed by atoms with E-state index in [1.54, 1.807) is 48.5 Å². The first kappa shape index (κ1) is 33.9. The fourth-order valence-electron chi connectivity index (χ4n) is 5.28. The van der Waals surface area contributed by atoms with Crippen molar-refractivity contribution in [2.24, 2.45) is 10.2 Å². The molecule has 4 aromatic carbocycles. The predicted octanol–water partition coefficient (Wildman–Crippen LogP) is 3.48. The minimum absolute atomic E-state index is 0.0265. The Hall–Kier alpha value is -5.00. The van der Waals surface area contributed by atoms with Crippen LogP contribution in [0.3, 0.4) is 0 Å². The summed E-state index contributed by atoms with van der Waals surface area (Å²) >= 11 is 0.0265. The molecule has 8 N–H and O–H groups in total. The van der Waals surface area contributed by atoms with Crippen molar-refractivity contribution < 1.29 is 61.7 Å². The van der Waals surface area contributed by atoms with E-state index in [2.05, 4.69) is 21.1 Å². The van der Waals surface area contributed by atoms with E-state index >= 15 is 0 Å². The Labute approximate surface area is 295 Å². The van der Waals surface area contributed by atoms with Gasteiger partial charge in [0.1, 0.15) is 0 Å². The molecule has 0 saturated heterocycles. The summed E-state index contributed by atoms with van der Waals surface area (Å²) in [5, 5.41) is 8.08. The zero-order valence-corrected chi connectivity index (χ0v) is 32.2. The summed E-state index contributed by atoms with van der Waals surface area (Å²) in [6, 6.07) is 21.4. The number of carbonyl (C=O) groups excluding carboxylic acids is 2. The van der Waals surface area contributed by atoms with Crippen LogP contribution in [0.1, 0.15) is 31.8 Å². The molecule has 49 heavy (non-hydrogen) atoms. The van der Waals surface area contributed by atoms with Crippen molar-refractivity contribution in [2.75, 3.05) is 22.3 Å². The normalized spacial score (nSPS) is 16.2. The van der Waals surface area contributed by atoms with E-state index in [4.69, 9.17) is 11.5 Å². The van der Waals surface area contributed by atoms with Crippen molar-refractivity contribution in [3.63, 3.8) is 0 Å². The number of benzene rings is 4. The van der Waals surface area contributed by atoms with Gasteiger partial charge in [0.2, 0.25) is 0 Å². The van der Waals surface area contributed by atoms with Crippen molar-refractivity contribution in [1.82, 2.24) is 0 Å². The topological polar surface area (TPSA) is 244 Å². The van der Waals surface area contributed by atoms with Crippen LogP contribution in [-0.4, -0.2) is 48.9 Å². The van der Waals surface area contributed by atoms with E-state index in [1.165, 1.54) is 24.3 Å². The van der Waals surface area contributed by atoms with Crippen LogP contribution in [0.25, 0.3) is 23.3 Å². The van der Waals surface area contributed by atoms with Crippen molar-refractivity contribution in [3.05, 3.63) is 111 Å². The fraction of sp³-hybridized carbons (Fsp3) is 0. The third-order valence-electron chi connectivity index (χ3n) is 7.65. The summed E-state index contributed by atoms with van der Waals surface area (Å²) in [4.78, 5) is 25.1. The molecule has 2 aliphatic carbocycles. The van der Waals surface area contributed by atoms with Crippen LogP contribution in [0.15, 0.2) is 98.9 Å². The number of nitrogens with two attached hydrogens (primary N) is 2. The standard InChI is InChI=1S/C32H23N6O8S2.Hg/c33-23-5-1-3-19-15-25(47(41,42)43)29(31(39)27(19)23)37-35-21-11-7-17(8-12-21)18-9-13-22(14-10-18)36-38-30-26(48(44,45)46)16-20-4-2-6-24(34)28(20)32(30)40;/h1-13,15-16,35-36H,33-34H2,(H,41,42,43)(H,44,45,46);/b37-29+,38-30-;. The van der Waals surface area contributed by atoms with Gasteiger partial charge in [0.05, 0.1) is 0 Å². The number of nitrogens with one attached hydrogen (secondary N) is 2. The number of Topliss-reactive ketones (excluding diaryl/α,β-unsaturated/α-hetero) is 2. The molecule has 0 aliphatic heterocycles. The second kappa shape index (κ2) is 12.8. The van der Waals surface area contributed by atoms with Crippen LogP contribution < -0.4 is 25.4 Å². The second-order valence-electron chi connectivity index (χ2n) is 10.8. The van der Waals surface area contributed by atoms with Gasteiger partial charge in [0, 0.05) is 5.69 Å². The summed E-state index contributed by atoms with van der Waals surface area (Å²) in [7, 11) is -9.59. The summed E-state index contributed by atoms with van der Waals surface area (Å²) in [6.45, 7) is 0. The number of nitrogen functional groups attached to an aromatic ring is 2. The second-order valence-corrected chi connectivity index (χ2v) is 16.6. The number of anilines is 4. The molecule has 0 heterocycles. The summed E-state index contributed by atoms with van der Waals surface area (Å²) in [5.74, 6) is -1.52. The van der Waals surface area contributed by atoms with Crippen molar-refractivity contribution in [2.45, 2.75) is 0 Å². The molecule has 4 aromatic rings. The molecule has 0 bridgehead atoms. The zero-order valence-electron chi connectivity index (χ0n) is 25.1.